The summed E-state index contributed by atoms with van der Waals surface area (Å²) < 4.78 is 1.05. The van der Waals surface area contributed by atoms with Gasteiger partial charge in [-0.3, -0.25) is 0 Å². The van der Waals surface area contributed by atoms with Crippen molar-refractivity contribution in [3.63, 3.8) is 0 Å². The number of anilines is 1. The molecule has 2 heterocycles. The van der Waals surface area contributed by atoms with E-state index in [9.17, 15) is 0 Å². The lowest BCUT2D eigenvalue weighted by Crippen LogP contribution is -2.33. The molecule has 1 saturated heterocycles. The summed E-state index contributed by atoms with van der Waals surface area (Å²) in [5, 5.41) is 3.52. The molecule has 1 aromatic rings. The number of halogens is 1. The van der Waals surface area contributed by atoms with E-state index in [4.69, 9.17) is 0 Å². The standard InChI is InChI=1S/C15H24BrN3S/c1-11(2)7-17-8-12-6-13(16)9-18-15(12)19(3)14-4-5-20-10-14/h6,9,11,14,17H,4-5,7-8,10H2,1-3H3. The van der Waals surface area contributed by atoms with Gasteiger partial charge in [-0.05, 0) is 46.6 Å². The smallest absolute Gasteiger partial charge is 0.133 e. The van der Waals surface area contributed by atoms with E-state index in [2.05, 4.69) is 58.1 Å². The van der Waals surface area contributed by atoms with Crippen LogP contribution in [0.1, 0.15) is 25.8 Å². The molecule has 1 aliphatic heterocycles. The molecule has 2 rings (SSSR count). The zero-order valence-electron chi connectivity index (χ0n) is 12.5. The Labute approximate surface area is 135 Å². The number of aromatic nitrogens is 1. The molecule has 0 amide bonds. The first-order valence-electron chi connectivity index (χ1n) is 7.23. The van der Waals surface area contributed by atoms with Crippen molar-refractivity contribution in [3.05, 3.63) is 22.3 Å². The zero-order chi connectivity index (χ0) is 14.5. The molecule has 0 aromatic carbocycles. The summed E-state index contributed by atoms with van der Waals surface area (Å²) in [5.74, 6) is 4.28. The summed E-state index contributed by atoms with van der Waals surface area (Å²) in [6, 6.07) is 2.81. The number of thioether (sulfide) groups is 1. The van der Waals surface area contributed by atoms with Crippen LogP contribution in [0.15, 0.2) is 16.7 Å². The summed E-state index contributed by atoms with van der Waals surface area (Å²) in [6.07, 6.45) is 3.16. The van der Waals surface area contributed by atoms with Gasteiger partial charge in [-0.25, -0.2) is 4.98 Å². The lowest BCUT2D eigenvalue weighted by atomic mass is 10.1. The van der Waals surface area contributed by atoms with Gasteiger partial charge in [-0.15, -0.1) is 0 Å². The van der Waals surface area contributed by atoms with E-state index < -0.39 is 0 Å². The lowest BCUT2D eigenvalue weighted by Gasteiger charge is -2.27. The van der Waals surface area contributed by atoms with Gasteiger partial charge in [0.25, 0.3) is 0 Å². The van der Waals surface area contributed by atoms with Gasteiger partial charge in [0.05, 0.1) is 0 Å². The molecule has 1 unspecified atom stereocenters. The van der Waals surface area contributed by atoms with Crippen LogP contribution in [0.4, 0.5) is 5.82 Å². The number of pyridine rings is 1. The highest BCUT2D eigenvalue weighted by atomic mass is 79.9. The number of hydrogen-bond donors (Lipinski definition) is 1. The second kappa shape index (κ2) is 7.66. The third-order valence-corrected chi connectivity index (χ3v) is 5.14. The zero-order valence-corrected chi connectivity index (χ0v) is 14.9. The van der Waals surface area contributed by atoms with E-state index >= 15 is 0 Å². The number of nitrogens with zero attached hydrogens (tertiary/aromatic N) is 2. The highest BCUT2D eigenvalue weighted by Gasteiger charge is 2.22. The molecule has 112 valence electrons. The Bertz CT molecular complexity index is 433. The number of hydrogen-bond acceptors (Lipinski definition) is 4. The molecular formula is C15H24BrN3S. The molecule has 1 fully saturated rings. The SMILES string of the molecule is CC(C)CNCc1cc(Br)cnc1N(C)C1CCSC1. The van der Waals surface area contributed by atoms with E-state index in [0.717, 1.165) is 23.4 Å². The monoisotopic (exact) mass is 357 g/mol. The summed E-state index contributed by atoms with van der Waals surface area (Å²) in [4.78, 5) is 7.01. The largest absolute Gasteiger partial charge is 0.356 e. The van der Waals surface area contributed by atoms with E-state index in [1.807, 2.05) is 18.0 Å². The van der Waals surface area contributed by atoms with Crippen LogP contribution in [0, 0.1) is 5.92 Å². The van der Waals surface area contributed by atoms with Crippen LogP contribution in [-0.4, -0.2) is 36.1 Å². The van der Waals surface area contributed by atoms with Crippen molar-refractivity contribution in [2.24, 2.45) is 5.92 Å². The first-order valence-corrected chi connectivity index (χ1v) is 9.18. The molecule has 0 aliphatic carbocycles. The molecule has 1 aliphatic rings. The van der Waals surface area contributed by atoms with Crippen molar-refractivity contribution < 1.29 is 0 Å². The second-order valence-electron chi connectivity index (χ2n) is 5.79. The average Bonchev–Trinajstić information content (AvgIpc) is 2.91. The van der Waals surface area contributed by atoms with Gasteiger partial charge in [0.15, 0.2) is 0 Å². The first kappa shape index (κ1) is 16.1. The summed E-state index contributed by atoms with van der Waals surface area (Å²) >= 11 is 5.58. The molecule has 1 atom stereocenters. The van der Waals surface area contributed by atoms with Crippen LogP contribution >= 0.6 is 27.7 Å². The van der Waals surface area contributed by atoms with Crippen molar-refractivity contribution in [2.75, 3.05) is 30.0 Å². The predicted molar refractivity (Wildman–Crippen MR) is 92.6 cm³/mol. The van der Waals surface area contributed by atoms with Gasteiger partial charge < -0.3 is 10.2 Å². The molecule has 20 heavy (non-hydrogen) atoms. The van der Waals surface area contributed by atoms with Gasteiger partial charge in [0, 0.05) is 41.6 Å². The maximum absolute atomic E-state index is 4.65. The van der Waals surface area contributed by atoms with E-state index in [-0.39, 0.29) is 0 Å². The molecule has 0 bridgehead atoms. The fourth-order valence-corrected chi connectivity index (χ4v) is 4.06. The molecule has 1 aromatic heterocycles. The Kier molecular flexibility index (Phi) is 6.18. The molecule has 5 heteroatoms. The van der Waals surface area contributed by atoms with Crippen LogP contribution in [-0.2, 0) is 6.54 Å². The predicted octanol–water partition coefficient (Wildman–Crippen LogP) is 3.53. The van der Waals surface area contributed by atoms with Crippen LogP contribution < -0.4 is 10.2 Å². The molecule has 3 nitrogen and oxygen atoms in total. The van der Waals surface area contributed by atoms with Gasteiger partial charge in [0.2, 0.25) is 0 Å². The molecular weight excluding hydrogens is 334 g/mol. The summed E-state index contributed by atoms with van der Waals surface area (Å²) in [6.45, 7) is 6.38. The highest BCUT2D eigenvalue weighted by molar-refractivity contribution is 9.10. The fourth-order valence-electron chi connectivity index (χ4n) is 2.42. The maximum Gasteiger partial charge on any atom is 0.133 e. The Morgan fingerprint density at radius 2 is 2.35 bits per heavy atom. The van der Waals surface area contributed by atoms with Crippen LogP contribution in [0.2, 0.25) is 0 Å². The highest BCUT2D eigenvalue weighted by Crippen LogP contribution is 2.28. The Morgan fingerprint density at radius 3 is 3.00 bits per heavy atom. The minimum absolute atomic E-state index is 0.623. The Hall–Kier alpha value is -0.260. The minimum atomic E-state index is 0.623. The van der Waals surface area contributed by atoms with Gasteiger partial charge >= 0.3 is 0 Å². The van der Waals surface area contributed by atoms with Crippen LogP contribution in [0.5, 0.6) is 0 Å². The third kappa shape index (κ3) is 4.37. The molecule has 0 saturated carbocycles. The number of rotatable bonds is 6. The third-order valence-electron chi connectivity index (χ3n) is 3.56. The molecule has 1 N–H and O–H groups in total. The van der Waals surface area contributed by atoms with Crippen LogP contribution in [0.3, 0.4) is 0 Å². The van der Waals surface area contributed by atoms with Crippen molar-refractivity contribution in [1.29, 1.82) is 0 Å². The van der Waals surface area contributed by atoms with Crippen molar-refractivity contribution in [1.82, 2.24) is 10.3 Å². The van der Waals surface area contributed by atoms with Gasteiger partial charge in [-0.2, -0.15) is 11.8 Å². The normalized spacial score (nSPS) is 18.8. The summed E-state index contributed by atoms with van der Waals surface area (Å²) in [7, 11) is 2.18. The average molecular weight is 358 g/mol. The fraction of sp³-hybridized carbons (Fsp3) is 0.667. The Balaban J connectivity index is 2.09. The Morgan fingerprint density at radius 1 is 1.55 bits per heavy atom. The summed E-state index contributed by atoms with van der Waals surface area (Å²) in [5.41, 5.74) is 1.28. The second-order valence-corrected chi connectivity index (χ2v) is 7.85. The first-order chi connectivity index (χ1) is 9.58. The molecule has 0 spiro atoms. The topological polar surface area (TPSA) is 28.2 Å². The van der Waals surface area contributed by atoms with E-state index in [1.165, 1.54) is 23.5 Å². The quantitative estimate of drug-likeness (QED) is 0.842. The van der Waals surface area contributed by atoms with Crippen LogP contribution in [0.25, 0.3) is 0 Å². The van der Waals surface area contributed by atoms with Gasteiger partial charge in [-0.1, -0.05) is 13.8 Å². The van der Waals surface area contributed by atoms with E-state index in [0.29, 0.717) is 12.0 Å². The molecule has 0 radical (unpaired) electrons. The number of nitrogens with one attached hydrogen (secondary N) is 1. The maximum atomic E-state index is 4.65. The lowest BCUT2D eigenvalue weighted by molar-refractivity contribution is 0.550. The van der Waals surface area contributed by atoms with Crippen molar-refractivity contribution >= 4 is 33.5 Å². The van der Waals surface area contributed by atoms with E-state index in [1.54, 1.807) is 0 Å². The van der Waals surface area contributed by atoms with Crippen molar-refractivity contribution in [3.8, 4) is 0 Å². The van der Waals surface area contributed by atoms with Crippen molar-refractivity contribution in [2.45, 2.75) is 32.9 Å². The van der Waals surface area contributed by atoms with Gasteiger partial charge in [0.1, 0.15) is 5.82 Å². The minimum Gasteiger partial charge on any atom is -0.356 e.